The average Bonchev–Trinajstić information content (AvgIpc) is 2.04. The van der Waals surface area contributed by atoms with E-state index in [4.69, 9.17) is 0 Å². The molecule has 0 spiro atoms. The van der Waals surface area contributed by atoms with Gasteiger partial charge in [0.05, 0.1) is 6.10 Å². The van der Waals surface area contributed by atoms with Crippen LogP contribution in [0.1, 0.15) is 37.0 Å². The van der Waals surface area contributed by atoms with Crippen LogP contribution in [0.2, 0.25) is 0 Å². The van der Waals surface area contributed by atoms with E-state index in [1.165, 1.54) is 11.0 Å². The van der Waals surface area contributed by atoms with Gasteiger partial charge in [0.15, 0.2) is 0 Å². The fourth-order valence-electron chi connectivity index (χ4n) is 1.63. The first-order valence-electron chi connectivity index (χ1n) is 4.90. The van der Waals surface area contributed by atoms with E-state index >= 15 is 0 Å². The number of hydrogen-bond acceptors (Lipinski definition) is 1. The molecule has 1 aromatic rings. The Kier molecular flexibility index (Phi) is 3.55. The monoisotopic (exact) mass is 176 g/mol. The van der Waals surface area contributed by atoms with Gasteiger partial charge in [-0.3, -0.25) is 0 Å². The first-order valence-corrected chi connectivity index (χ1v) is 4.90. The molecule has 1 aromatic carbocycles. The van der Waals surface area contributed by atoms with E-state index in [-0.39, 0.29) is 6.10 Å². The lowest BCUT2D eigenvalue weighted by Gasteiger charge is -2.13. The van der Waals surface area contributed by atoms with Gasteiger partial charge in [-0.25, -0.2) is 0 Å². The Labute approximate surface area is 81.2 Å². The lowest BCUT2D eigenvalue weighted by atomic mass is 9.86. The van der Waals surface area contributed by atoms with Gasteiger partial charge >= 0.3 is 0 Å². The fraction of sp³-hybridized carbons (Fsp3) is 0.455. The molecule has 2 heteroatoms. The van der Waals surface area contributed by atoms with Crippen LogP contribution in [0.15, 0.2) is 18.2 Å². The highest BCUT2D eigenvalue weighted by atomic mass is 16.3. The smallest absolute Gasteiger partial charge is 0.139 e. The number of aryl methyl sites for hydroxylation is 1. The molecule has 1 atom stereocenters. The van der Waals surface area contributed by atoms with E-state index < -0.39 is 0 Å². The van der Waals surface area contributed by atoms with E-state index in [2.05, 4.69) is 33.8 Å². The maximum Gasteiger partial charge on any atom is 0.139 e. The van der Waals surface area contributed by atoms with Crippen molar-refractivity contribution in [1.29, 1.82) is 0 Å². The van der Waals surface area contributed by atoms with Crippen molar-refractivity contribution in [3.05, 3.63) is 29.3 Å². The Morgan fingerprint density at radius 1 is 1.46 bits per heavy atom. The van der Waals surface area contributed by atoms with Crippen molar-refractivity contribution >= 4 is 13.3 Å². The predicted molar refractivity (Wildman–Crippen MR) is 59.2 cm³/mol. The molecule has 0 fully saturated rings. The molecule has 0 aliphatic heterocycles. The third kappa shape index (κ3) is 2.59. The largest absolute Gasteiger partial charge is 0.388 e. The summed E-state index contributed by atoms with van der Waals surface area (Å²) < 4.78 is 0. The zero-order valence-electron chi connectivity index (χ0n) is 8.67. The normalized spacial score (nSPS) is 12.8. The maximum atomic E-state index is 9.79. The number of benzene rings is 1. The molecule has 1 unspecified atom stereocenters. The van der Waals surface area contributed by atoms with Crippen LogP contribution in [0, 0.1) is 6.92 Å². The van der Waals surface area contributed by atoms with Crippen molar-refractivity contribution < 1.29 is 5.11 Å². The Morgan fingerprint density at radius 2 is 2.15 bits per heavy atom. The Hall–Kier alpha value is -0.755. The molecular formula is C11H17BO. The summed E-state index contributed by atoms with van der Waals surface area (Å²) >= 11 is 0. The zero-order chi connectivity index (χ0) is 9.84. The molecule has 0 aliphatic carbocycles. The third-order valence-electron chi connectivity index (χ3n) is 2.35. The minimum absolute atomic E-state index is 0.286. The highest BCUT2D eigenvalue weighted by Gasteiger charge is 2.08. The summed E-state index contributed by atoms with van der Waals surface area (Å²) in [6, 6.07) is 6.21. The molecule has 1 N–H and O–H groups in total. The van der Waals surface area contributed by atoms with Crippen molar-refractivity contribution in [2.75, 3.05) is 0 Å². The Balaban J connectivity index is 2.88. The van der Waals surface area contributed by atoms with Gasteiger partial charge in [-0.05, 0) is 18.9 Å². The predicted octanol–water partition coefficient (Wildman–Crippen LogP) is 1.09. The summed E-state index contributed by atoms with van der Waals surface area (Å²) in [7, 11) is 2.06. The van der Waals surface area contributed by atoms with E-state index in [0.717, 1.165) is 18.4 Å². The highest BCUT2D eigenvalue weighted by Crippen LogP contribution is 2.16. The molecule has 0 saturated heterocycles. The second-order valence-corrected chi connectivity index (χ2v) is 3.66. The number of rotatable bonds is 3. The topological polar surface area (TPSA) is 20.2 Å². The van der Waals surface area contributed by atoms with Crippen molar-refractivity contribution in [3.8, 4) is 0 Å². The van der Waals surface area contributed by atoms with E-state index in [1.807, 2.05) is 6.07 Å². The van der Waals surface area contributed by atoms with Gasteiger partial charge in [-0.1, -0.05) is 42.6 Å². The summed E-state index contributed by atoms with van der Waals surface area (Å²) in [6.07, 6.45) is 1.59. The quantitative estimate of drug-likeness (QED) is 0.683. The van der Waals surface area contributed by atoms with Crippen LogP contribution in [-0.4, -0.2) is 13.0 Å². The minimum atomic E-state index is -0.286. The van der Waals surface area contributed by atoms with E-state index in [0.29, 0.717) is 0 Å². The minimum Gasteiger partial charge on any atom is -0.388 e. The van der Waals surface area contributed by atoms with Crippen LogP contribution in [-0.2, 0) is 0 Å². The molecule has 0 heterocycles. The van der Waals surface area contributed by atoms with Gasteiger partial charge in [-0.2, -0.15) is 0 Å². The van der Waals surface area contributed by atoms with Crippen LogP contribution in [0.5, 0.6) is 0 Å². The molecule has 0 saturated carbocycles. The molecule has 1 rings (SSSR count). The Bertz CT molecular complexity index is 283. The molecule has 0 aromatic heterocycles. The van der Waals surface area contributed by atoms with Gasteiger partial charge in [0.1, 0.15) is 7.85 Å². The SMILES string of the molecule is Bc1cc(C)ccc1C(O)CCC. The average molecular weight is 176 g/mol. The Morgan fingerprint density at radius 3 is 2.69 bits per heavy atom. The summed E-state index contributed by atoms with van der Waals surface area (Å²) in [5.41, 5.74) is 3.53. The van der Waals surface area contributed by atoms with Crippen molar-refractivity contribution in [3.63, 3.8) is 0 Å². The zero-order valence-corrected chi connectivity index (χ0v) is 8.67. The van der Waals surface area contributed by atoms with Gasteiger partial charge in [-0.15, -0.1) is 0 Å². The molecule has 1 nitrogen and oxygen atoms in total. The molecule has 0 amide bonds. The lowest BCUT2D eigenvalue weighted by molar-refractivity contribution is 0.167. The fourth-order valence-corrected chi connectivity index (χ4v) is 1.63. The molecule has 0 aliphatic rings. The second kappa shape index (κ2) is 4.47. The first kappa shape index (κ1) is 10.3. The van der Waals surface area contributed by atoms with Crippen molar-refractivity contribution in [1.82, 2.24) is 0 Å². The molecule has 0 radical (unpaired) electrons. The summed E-state index contributed by atoms with van der Waals surface area (Å²) in [5, 5.41) is 9.79. The number of hydrogen-bond donors (Lipinski definition) is 1. The van der Waals surface area contributed by atoms with Gasteiger partial charge in [0.25, 0.3) is 0 Å². The van der Waals surface area contributed by atoms with Crippen LogP contribution in [0.3, 0.4) is 0 Å². The molecule has 13 heavy (non-hydrogen) atoms. The van der Waals surface area contributed by atoms with Crippen LogP contribution < -0.4 is 5.46 Å². The van der Waals surface area contributed by atoms with Gasteiger partial charge < -0.3 is 5.11 Å². The van der Waals surface area contributed by atoms with E-state index in [1.54, 1.807) is 0 Å². The van der Waals surface area contributed by atoms with E-state index in [9.17, 15) is 5.11 Å². The summed E-state index contributed by atoms with van der Waals surface area (Å²) in [4.78, 5) is 0. The molecular weight excluding hydrogens is 159 g/mol. The van der Waals surface area contributed by atoms with Crippen LogP contribution in [0.4, 0.5) is 0 Å². The number of aliphatic hydroxyl groups excluding tert-OH is 1. The third-order valence-corrected chi connectivity index (χ3v) is 2.35. The second-order valence-electron chi connectivity index (χ2n) is 3.66. The van der Waals surface area contributed by atoms with Gasteiger partial charge in [0, 0.05) is 0 Å². The highest BCUT2D eigenvalue weighted by molar-refractivity contribution is 6.33. The van der Waals surface area contributed by atoms with Crippen molar-refractivity contribution in [2.45, 2.75) is 32.8 Å². The number of aliphatic hydroxyl groups is 1. The first-order chi connectivity index (χ1) is 6.15. The van der Waals surface area contributed by atoms with Crippen molar-refractivity contribution in [2.24, 2.45) is 0 Å². The molecule has 0 bridgehead atoms. The summed E-state index contributed by atoms with van der Waals surface area (Å²) in [5.74, 6) is 0. The molecule has 70 valence electrons. The van der Waals surface area contributed by atoms with Crippen LogP contribution >= 0.6 is 0 Å². The lowest BCUT2D eigenvalue weighted by Crippen LogP contribution is -2.14. The van der Waals surface area contributed by atoms with Gasteiger partial charge in [0.2, 0.25) is 0 Å². The maximum absolute atomic E-state index is 9.79. The van der Waals surface area contributed by atoms with Crippen LogP contribution in [0.25, 0.3) is 0 Å². The standard InChI is InChI=1S/C11H17BO/c1-3-4-11(13)9-6-5-8(2)7-10(9)12/h5-7,11,13H,3-4,12H2,1-2H3. The summed E-state index contributed by atoms with van der Waals surface area (Å²) in [6.45, 7) is 4.16.